The fourth-order valence-electron chi connectivity index (χ4n) is 1.72. The Morgan fingerprint density at radius 1 is 1.27 bits per heavy atom. The summed E-state index contributed by atoms with van der Waals surface area (Å²) in [5.74, 6) is -0.201. The van der Waals surface area contributed by atoms with Crippen molar-refractivity contribution in [3.05, 3.63) is 42.0 Å². The van der Waals surface area contributed by atoms with Gasteiger partial charge in [-0.2, -0.15) is 0 Å². The monoisotopic (exact) mass is 204 g/mol. The number of nitrogens with zero attached hydrogens (tertiary/aromatic N) is 1. The number of halogens is 1. The molecule has 0 aliphatic carbocycles. The van der Waals surface area contributed by atoms with E-state index < -0.39 is 0 Å². The van der Waals surface area contributed by atoms with Crippen LogP contribution in [0, 0.1) is 5.82 Å². The zero-order valence-electron chi connectivity index (χ0n) is 8.41. The van der Waals surface area contributed by atoms with Gasteiger partial charge in [-0.15, -0.1) is 0 Å². The molecule has 0 saturated carbocycles. The predicted octanol–water partition coefficient (Wildman–Crippen LogP) is 2.27. The van der Waals surface area contributed by atoms with Crippen molar-refractivity contribution in [3.8, 4) is 0 Å². The van der Waals surface area contributed by atoms with Gasteiger partial charge in [0.15, 0.2) is 0 Å². The van der Waals surface area contributed by atoms with Crippen LogP contribution in [0.5, 0.6) is 0 Å². The van der Waals surface area contributed by atoms with E-state index >= 15 is 0 Å². The van der Waals surface area contributed by atoms with Crippen LogP contribution in [-0.2, 0) is 6.42 Å². The van der Waals surface area contributed by atoms with Gasteiger partial charge in [0, 0.05) is 11.6 Å². The van der Waals surface area contributed by atoms with E-state index in [9.17, 15) is 4.39 Å². The standard InChI is InChI=1S/C12H13FN2/c13-10-4-1-3-9-6-8-15-11(12(9)10)5-2-7-14/h1,3-4,6,8H,2,5,7,14H2. The second-order valence-corrected chi connectivity index (χ2v) is 3.49. The average Bonchev–Trinajstić information content (AvgIpc) is 2.26. The second-order valence-electron chi connectivity index (χ2n) is 3.49. The third kappa shape index (κ3) is 1.97. The Bertz CT molecular complexity index is 463. The number of rotatable bonds is 3. The van der Waals surface area contributed by atoms with Crippen LogP contribution in [0.2, 0.25) is 0 Å². The lowest BCUT2D eigenvalue weighted by Crippen LogP contribution is -2.02. The van der Waals surface area contributed by atoms with Gasteiger partial charge >= 0.3 is 0 Å². The minimum absolute atomic E-state index is 0.201. The number of pyridine rings is 1. The molecule has 0 atom stereocenters. The Morgan fingerprint density at radius 3 is 2.93 bits per heavy atom. The molecule has 15 heavy (non-hydrogen) atoms. The van der Waals surface area contributed by atoms with Gasteiger partial charge in [0.25, 0.3) is 0 Å². The van der Waals surface area contributed by atoms with Gasteiger partial charge in [0.05, 0.1) is 5.69 Å². The first-order chi connectivity index (χ1) is 7.33. The Labute approximate surface area is 87.9 Å². The number of hydrogen-bond acceptors (Lipinski definition) is 2. The molecule has 3 heteroatoms. The second kappa shape index (κ2) is 4.36. The van der Waals surface area contributed by atoms with Crippen molar-refractivity contribution in [3.63, 3.8) is 0 Å². The molecule has 0 amide bonds. The van der Waals surface area contributed by atoms with Gasteiger partial charge < -0.3 is 5.73 Å². The molecule has 0 saturated heterocycles. The Morgan fingerprint density at radius 2 is 2.13 bits per heavy atom. The molecule has 2 nitrogen and oxygen atoms in total. The summed E-state index contributed by atoms with van der Waals surface area (Å²) in [5.41, 5.74) is 6.24. The van der Waals surface area contributed by atoms with Crippen molar-refractivity contribution < 1.29 is 4.39 Å². The van der Waals surface area contributed by atoms with E-state index in [1.165, 1.54) is 6.07 Å². The van der Waals surface area contributed by atoms with Crippen LogP contribution in [-0.4, -0.2) is 11.5 Å². The summed E-state index contributed by atoms with van der Waals surface area (Å²) in [7, 11) is 0. The van der Waals surface area contributed by atoms with Crippen LogP contribution in [0.25, 0.3) is 10.8 Å². The zero-order valence-corrected chi connectivity index (χ0v) is 8.41. The molecule has 1 heterocycles. The van der Waals surface area contributed by atoms with E-state index in [-0.39, 0.29) is 5.82 Å². The van der Waals surface area contributed by atoms with E-state index in [2.05, 4.69) is 4.98 Å². The van der Waals surface area contributed by atoms with Gasteiger partial charge in [-0.25, -0.2) is 4.39 Å². The zero-order chi connectivity index (χ0) is 10.7. The Balaban J connectivity index is 2.53. The summed E-state index contributed by atoms with van der Waals surface area (Å²) in [6.45, 7) is 0.604. The number of aromatic nitrogens is 1. The highest BCUT2D eigenvalue weighted by Crippen LogP contribution is 2.20. The third-order valence-corrected chi connectivity index (χ3v) is 2.44. The van der Waals surface area contributed by atoms with Gasteiger partial charge in [0.2, 0.25) is 0 Å². The van der Waals surface area contributed by atoms with E-state index in [0.29, 0.717) is 11.9 Å². The first kappa shape index (κ1) is 10.1. The lowest BCUT2D eigenvalue weighted by Gasteiger charge is -2.05. The SMILES string of the molecule is NCCCc1nccc2cccc(F)c12. The first-order valence-electron chi connectivity index (χ1n) is 5.05. The summed E-state index contributed by atoms with van der Waals surface area (Å²) in [6.07, 6.45) is 3.28. The molecule has 2 rings (SSSR count). The van der Waals surface area contributed by atoms with Gasteiger partial charge in [-0.05, 0) is 36.9 Å². The molecule has 0 radical (unpaired) electrons. The van der Waals surface area contributed by atoms with E-state index in [4.69, 9.17) is 5.73 Å². The maximum atomic E-state index is 13.6. The molecule has 2 aromatic rings. The maximum Gasteiger partial charge on any atom is 0.132 e. The normalized spacial score (nSPS) is 10.8. The molecular weight excluding hydrogens is 191 g/mol. The fraction of sp³-hybridized carbons (Fsp3) is 0.250. The summed E-state index contributed by atoms with van der Waals surface area (Å²) in [4.78, 5) is 4.21. The van der Waals surface area contributed by atoms with Crippen molar-refractivity contribution in [2.75, 3.05) is 6.54 Å². The molecule has 1 aromatic carbocycles. The van der Waals surface area contributed by atoms with E-state index in [0.717, 1.165) is 23.9 Å². The quantitative estimate of drug-likeness (QED) is 0.832. The number of benzene rings is 1. The molecule has 2 N–H and O–H groups in total. The topological polar surface area (TPSA) is 38.9 Å². The van der Waals surface area contributed by atoms with Crippen molar-refractivity contribution in [1.82, 2.24) is 4.98 Å². The van der Waals surface area contributed by atoms with E-state index in [1.807, 2.05) is 12.1 Å². The van der Waals surface area contributed by atoms with Crippen molar-refractivity contribution in [2.24, 2.45) is 5.73 Å². The van der Waals surface area contributed by atoms with Crippen LogP contribution in [0.15, 0.2) is 30.5 Å². The Kier molecular flexibility index (Phi) is 2.92. The van der Waals surface area contributed by atoms with Crippen LogP contribution in [0.1, 0.15) is 12.1 Å². The Hall–Kier alpha value is -1.48. The predicted molar refractivity (Wildman–Crippen MR) is 59.1 cm³/mol. The highest BCUT2D eigenvalue weighted by atomic mass is 19.1. The lowest BCUT2D eigenvalue weighted by molar-refractivity contribution is 0.637. The summed E-state index contributed by atoms with van der Waals surface area (Å²) in [5, 5.41) is 1.53. The highest BCUT2D eigenvalue weighted by molar-refractivity contribution is 5.84. The number of hydrogen-bond donors (Lipinski definition) is 1. The maximum absolute atomic E-state index is 13.6. The van der Waals surface area contributed by atoms with Crippen molar-refractivity contribution in [1.29, 1.82) is 0 Å². The van der Waals surface area contributed by atoms with Gasteiger partial charge in [-0.1, -0.05) is 12.1 Å². The average molecular weight is 204 g/mol. The first-order valence-corrected chi connectivity index (χ1v) is 5.05. The van der Waals surface area contributed by atoms with Crippen molar-refractivity contribution in [2.45, 2.75) is 12.8 Å². The summed E-state index contributed by atoms with van der Waals surface area (Å²) >= 11 is 0. The van der Waals surface area contributed by atoms with Crippen LogP contribution >= 0.6 is 0 Å². The van der Waals surface area contributed by atoms with Gasteiger partial charge in [-0.3, -0.25) is 4.98 Å². The third-order valence-electron chi connectivity index (χ3n) is 2.44. The molecule has 0 aliphatic heterocycles. The minimum Gasteiger partial charge on any atom is -0.330 e. The molecule has 0 spiro atoms. The van der Waals surface area contributed by atoms with E-state index in [1.54, 1.807) is 12.3 Å². The molecule has 0 aliphatic rings. The smallest absolute Gasteiger partial charge is 0.132 e. The van der Waals surface area contributed by atoms with Gasteiger partial charge in [0.1, 0.15) is 5.82 Å². The molecule has 1 aromatic heterocycles. The summed E-state index contributed by atoms with van der Waals surface area (Å²) in [6, 6.07) is 6.90. The molecule has 0 fully saturated rings. The largest absolute Gasteiger partial charge is 0.330 e. The molecular formula is C12H13FN2. The van der Waals surface area contributed by atoms with Crippen LogP contribution in [0.4, 0.5) is 4.39 Å². The molecule has 0 bridgehead atoms. The number of nitrogens with two attached hydrogens (primary N) is 1. The van der Waals surface area contributed by atoms with Crippen LogP contribution < -0.4 is 5.73 Å². The van der Waals surface area contributed by atoms with Crippen LogP contribution in [0.3, 0.4) is 0 Å². The fourth-order valence-corrected chi connectivity index (χ4v) is 1.72. The highest BCUT2D eigenvalue weighted by Gasteiger charge is 2.06. The molecule has 0 unspecified atom stereocenters. The van der Waals surface area contributed by atoms with Crippen molar-refractivity contribution >= 4 is 10.8 Å². The number of fused-ring (bicyclic) bond motifs is 1. The number of aryl methyl sites for hydroxylation is 1. The lowest BCUT2D eigenvalue weighted by atomic mass is 10.1. The molecule has 78 valence electrons. The minimum atomic E-state index is -0.201. The summed E-state index contributed by atoms with van der Waals surface area (Å²) < 4.78 is 13.6.